The number of halogens is 1. The third kappa shape index (κ3) is 0.752. The summed E-state index contributed by atoms with van der Waals surface area (Å²) >= 11 is 5.59. The van der Waals surface area contributed by atoms with E-state index in [0.29, 0.717) is 11.0 Å². The van der Waals surface area contributed by atoms with Crippen molar-refractivity contribution >= 4 is 23.7 Å². The average Bonchev–Trinajstić information content (AvgIpc) is 2.33. The SMILES string of the molecule is ClC1=CNC2=CC=[N+]C2=N1. The molecule has 1 N–H and O–H groups in total. The fourth-order valence-electron chi connectivity index (χ4n) is 0.799. The standard InChI is InChI=1S/C6H4ClN3/c7-5-3-9-4-1-2-8-6(4)10-5/h1-3,9H/q+1. The van der Waals surface area contributed by atoms with Crippen LogP contribution in [0.2, 0.25) is 0 Å². The number of aliphatic imine (C=N–C) groups is 2. The van der Waals surface area contributed by atoms with Gasteiger partial charge >= 0.3 is 5.84 Å². The number of fused-ring (bicyclic) bond motifs is 1. The number of hydrogen-bond donors (Lipinski definition) is 1. The Morgan fingerprint density at radius 2 is 2.50 bits per heavy atom. The minimum atomic E-state index is 0.436. The smallest absolute Gasteiger partial charge is 0.350 e. The Bertz CT molecular complexity index is 285. The molecular formula is C6H4ClN3+. The van der Waals surface area contributed by atoms with Gasteiger partial charge in [-0.15, -0.1) is 0 Å². The van der Waals surface area contributed by atoms with E-state index in [1.54, 1.807) is 12.4 Å². The van der Waals surface area contributed by atoms with Gasteiger partial charge in [0.05, 0.1) is 6.20 Å². The van der Waals surface area contributed by atoms with Crippen LogP contribution >= 0.6 is 11.6 Å². The molecule has 0 aromatic carbocycles. The summed E-state index contributed by atoms with van der Waals surface area (Å²) in [4.78, 5) is 7.91. The number of amidine groups is 1. The van der Waals surface area contributed by atoms with E-state index in [1.807, 2.05) is 6.08 Å². The van der Waals surface area contributed by atoms with Gasteiger partial charge in [0.1, 0.15) is 11.9 Å². The molecular weight excluding hydrogens is 150 g/mol. The predicted molar refractivity (Wildman–Crippen MR) is 40.8 cm³/mol. The Labute approximate surface area is 62.8 Å². The predicted octanol–water partition coefficient (Wildman–Crippen LogP) is 0.330. The quantitative estimate of drug-likeness (QED) is 0.501. The van der Waals surface area contributed by atoms with E-state index in [1.165, 1.54) is 0 Å². The van der Waals surface area contributed by atoms with E-state index in [-0.39, 0.29) is 0 Å². The molecule has 0 atom stereocenters. The summed E-state index contributed by atoms with van der Waals surface area (Å²) in [6.45, 7) is 0. The lowest BCUT2D eigenvalue weighted by molar-refractivity contribution is 1.08. The van der Waals surface area contributed by atoms with Crippen LogP contribution in [0.3, 0.4) is 0 Å². The zero-order valence-corrected chi connectivity index (χ0v) is 5.76. The van der Waals surface area contributed by atoms with Gasteiger partial charge < -0.3 is 5.32 Å². The molecule has 4 heteroatoms. The lowest BCUT2D eigenvalue weighted by Gasteiger charge is -1.98. The van der Waals surface area contributed by atoms with Crippen LogP contribution in [0.1, 0.15) is 0 Å². The molecule has 2 heterocycles. The zero-order valence-electron chi connectivity index (χ0n) is 5.00. The molecule has 0 aromatic heterocycles. The van der Waals surface area contributed by atoms with E-state index in [9.17, 15) is 0 Å². The minimum Gasteiger partial charge on any atom is -0.350 e. The molecule has 0 unspecified atom stereocenters. The van der Waals surface area contributed by atoms with Gasteiger partial charge in [0.15, 0.2) is 0 Å². The van der Waals surface area contributed by atoms with Crippen molar-refractivity contribution in [2.45, 2.75) is 0 Å². The lowest BCUT2D eigenvalue weighted by atomic mass is 10.4. The lowest BCUT2D eigenvalue weighted by Crippen LogP contribution is -2.19. The number of allylic oxidation sites excluding steroid dienone is 1. The van der Waals surface area contributed by atoms with Gasteiger partial charge in [-0.1, -0.05) is 0 Å². The van der Waals surface area contributed by atoms with Crippen LogP contribution in [0.25, 0.3) is 0 Å². The molecule has 0 saturated carbocycles. The van der Waals surface area contributed by atoms with E-state index in [0.717, 1.165) is 5.70 Å². The first-order valence-corrected chi connectivity index (χ1v) is 3.20. The van der Waals surface area contributed by atoms with Crippen LogP contribution in [0, 0.1) is 0 Å². The van der Waals surface area contributed by atoms with Gasteiger partial charge in [-0.25, -0.2) is 0 Å². The van der Waals surface area contributed by atoms with Crippen molar-refractivity contribution in [3.05, 3.63) is 23.1 Å². The highest BCUT2D eigenvalue weighted by Crippen LogP contribution is 2.10. The van der Waals surface area contributed by atoms with Gasteiger partial charge in [0.25, 0.3) is 5.16 Å². The first kappa shape index (κ1) is 5.68. The van der Waals surface area contributed by atoms with Crippen LogP contribution in [0.4, 0.5) is 0 Å². The highest BCUT2D eigenvalue weighted by Gasteiger charge is 2.24. The van der Waals surface area contributed by atoms with Crippen molar-refractivity contribution < 1.29 is 0 Å². The fraction of sp³-hybridized carbons (Fsp3) is 0. The van der Waals surface area contributed by atoms with E-state index < -0.39 is 0 Å². The number of hydrogen-bond acceptors (Lipinski definition) is 3. The van der Waals surface area contributed by atoms with Crippen molar-refractivity contribution in [3.8, 4) is 0 Å². The third-order valence-corrected chi connectivity index (χ3v) is 1.43. The molecule has 0 saturated heterocycles. The molecule has 0 aliphatic carbocycles. The summed E-state index contributed by atoms with van der Waals surface area (Å²) in [5.74, 6) is 0.660. The van der Waals surface area contributed by atoms with Crippen molar-refractivity contribution in [2.75, 3.05) is 0 Å². The molecule has 0 spiro atoms. The van der Waals surface area contributed by atoms with Gasteiger partial charge in [-0.05, 0) is 21.6 Å². The molecule has 2 aliphatic heterocycles. The van der Waals surface area contributed by atoms with Crippen molar-refractivity contribution in [1.82, 2.24) is 10.3 Å². The Kier molecular flexibility index (Phi) is 1.11. The second-order valence-electron chi connectivity index (χ2n) is 1.91. The highest BCUT2D eigenvalue weighted by atomic mass is 35.5. The molecule has 0 aromatic rings. The van der Waals surface area contributed by atoms with Crippen molar-refractivity contribution in [1.29, 1.82) is 0 Å². The normalized spacial score (nSPS) is 20.7. The number of nitrogens with zero attached hydrogens (tertiary/aromatic N) is 2. The maximum absolute atomic E-state index is 5.59. The van der Waals surface area contributed by atoms with Crippen LogP contribution in [0.15, 0.2) is 28.1 Å². The largest absolute Gasteiger partial charge is 0.389 e. The molecule has 10 heavy (non-hydrogen) atoms. The maximum atomic E-state index is 5.59. The Morgan fingerprint density at radius 1 is 1.60 bits per heavy atom. The molecule has 2 rings (SSSR count). The van der Waals surface area contributed by atoms with Gasteiger partial charge in [0, 0.05) is 6.08 Å². The first-order valence-electron chi connectivity index (χ1n) is 2.82. The molecule has 49 valence electrons. The van der Waals surface area contributed by atoms with Crippen LogP contribution in [0.5, 0.6) is 0 Å². The van der Waals surface area contributed by atoms with Gasteiger partial charge in [-0.2, -0.15) is 0 Å². The minimum absolute atomic E-state index is 0.436. The second-order valence-corrected chi connectivity index (χ2v) is 2.29. The summed E-state index contributed by atoms with van der Waals surface area (Å²) in [7, 11) is 0. The Balaban J connectivity index is 2.43. The van der Waals surface area contributed by atoms with E-state index in [4.69, 9.17) is 11.6 Å². The van der Waals surface area contributed by atoms with E-state index >= 15 is 0 Å². The summed E-state index contributed by atoms with van der Waals surface area (Å²) in [5.41, 5.74) is 0.907. The van der Waals surface area contributed by atoms with Crippen molar-refractivity contribution in [2.24, 2.45) is 4.99 Å². The topological polar surface area (TPSA) is 38.5 Å². The molecule has 0 bridgehead atoms. The zero-order chi connectivity index (χ0) is 6.97. The summed E-state index contributed by atoms with van der Waals surface area (Å²) in [5, 5.41) is 3.38. The molecule has 2 aliphatic rings. The Morgan fingerprint density at radius 3 is 3.40 bits per heavy atom. The summed E-state index contributed by atoms with van der Waals surface area (Å²) in [6, 6.07) is 0. The van der Waals surface area contributed by atoms with Gasteiger partial charge in [-0.3, -0.25) is 0 Å². The van der Waals surface area contributed by atoms with Gasteiger partial charge in [0.2, 0.25) is 0 Å². The first-order chi connectivity index (χ1) is 4.86. The maximum Gasteiger partial charge on any atom is 0.389 e. The number of nitrogens with one attached hydrogen (secondary N) is 1. The molecule has 0 fully saturated rings. The third-order valence-electron chi connectivity index (χ3n) is 1.24. The van der Waals surface area contributed by atoms with Crippen LogP contribution < -0.4 is 10.3 Å². The van der Waals surface area contributed by atoms with Crippen molar-refractivity contribution in [3.63, 3.8) is 0 Å². The number of rotatable bonds is 0. The van der Waals surface area contributed by atoms with Crippen LogP contribution in [-0.2, 0) is 0 Å². The summed E-state index contributed by atoms with van der Waals surface area (Å²) in [6.07, 6.45) is 5.16. The monoisotopic (exact) mass is 153 g/mol. The fourth-order valence-corrected chi connectivity index (χ4v) is 0.934. The van der Waals surface area contributed by atoms with E-state index in [2.05, 4.69) is 15.3 Å². The molecule has 3 nitrogen and oxygen atoms in total. The summed E-state index contributed by atoms with van der Waals surface area (Å²) < 4.78 is 0. The van der Waals surface area contributed by atoms with Crippen LogP contribution in [-0.4, -0.2) is 12.1 Å². The Hall–Kier alpha value is -1.09. The average molecular weight is 154 g/mol. The molecule has 0 amide bonds. The highest BCUT2D eigenvalue weighted by molar-refractivity contribution is 6.31. The molecule has 1 radical (unpaired) electrons. The second kappa shape index (κ2) is 1.95.